The third kappa shape index (κ3) is 6.30. The predicted octanol–water partition coefficient (Wildman–Crippen LogP) is 4.10. The number of carbonyl (C=O) groups is 2. The van der Waals surface area contributed by atoms with Gasteiger partial charge in [0, 0.05) is 24.3 Å². The van der Waals surface area contributed by atoms with Gasteiger partial charge in [-0.3, -0.25) is 4.79 Å². The van der Waals surface area contributed by atoms with Crippen molar-refractivity contribution in [2.75, 3.05) is 10.6 Å². The van der Waals surface area contributed by atoms with E-state index in [4.69, 9.17) is 0 Å². The van der Waals surface area contributed by atoms with Crippen LogP contribution in [-0.4, -0.2) is 18.0 Å². The minimum Gasteiger partial charge on any atom is -0.335 e. The first-order valence-corrected chi connectivity index (χ1v) is 8.43. The molecule has 0 bridgehead atoms. The Morgan fingerprint density at radius 1 is 1.04 bits per heavy atom. The molecule has 2 aromatic rings. The lowest BCUT2D eigenvalue weighted by Crippen LogP contribution is -2.36. The van der Waals surface area contributed by atoms with Crippen LogP contribution in [0.5, 0.6) is 0 Å². The van der Waals surface area contributed by atoms with E-state index in [9.17, 15) is 9.59 Å². The van der Waals surface area contributed by atoms with Gasteiger partial charge in [-0.1, -0.05) is 36.4 Å². The van der Waals surface area contributed by atoms with Crippen molar-refractivity contribution in [1.82, 2.24) is 5.32 Å². The van der Waals surface area contributed by atoms with Crippen molar-refractivity contribution in [2.24, 2.45) is 0 Å². The van der Waals surface area contributed by atoms with Crippen molar-refractivity contribution in [3.05, 3.63) is 59.7 Å². The molecule has 0 heterocycles. The first kappa shape index (κ1) is 18.5. The average Bonchev–Trinajstić information content (AvgIpc) is 2.56. The maximum Gasteiger partial charge on any atom is 0.319 e. The molecule has 5 heteroatoms. The Hall–Kier alpha value is -2.82. The Labute approximate surface area is 148 Å². The zero-order chi connectivity index (χ0) is 18.2. The quantitative estimate of drug-likeness (QED) is 0.741. The Morgan fingerprint density at radius 2 is 1.76 bits per heavy atom. The minimum atomic E-state index is -0.252. The van der Waals surface area contributed by atoms with E-state index in [-0.39, 0.29) is 18.0 Å². The van der Waals surface area contributed by atoms with Gasteiger partial charge in [-0.15, -0.1) is 0 Å². The number of carbonyl (C=O) groups excluding carboxylic acids is 2. The molecule has 0 saturated heterocycles. The van der Waals surface area contributed by atoms with Crippen molar-refractivity contribution >= 4 is 23.3 Å². The van der Waals surface area contributed by atoms with Gasteiger partial charge in [0.05, 0.1) is 0 Å². The maximum absolute atomic E-state index is 12.1. The van der Waals surface area contributed by atoms with Crippen LogP contribution in [0.25, 0.3) is 0 Å². The first-order valence-electron chi connectivity index (χ1n) is 8.43. The molecule has 5 nitrogen and oxygen atoms in total. The zero-order valence-electron chi connectivity index (χ0n) is 14.9. The maximum atomic E-state index is 12.1. The fourth-order valence-corrected chi connectivity index (χ4v) is 2.52. The van der Waals surface area contributed by atoms with Crippen LogP contribution in [0.3, 0.4) is 0 Å². The van der Waals surface area contributed by atoms with Crippen LogP contribution in [0.4, 0.5) is 16.2 Å². The van der Waals surface area contributed by atoms with Gasteiger partial charge in [0.15, 0.2) is 0 Å². The second-order valence-electron chi connectivity index (χ2n) is 6.23. The predicted molar refractivity (Wildman–Crippen MR) is 102 cm³/mol. The number of anilines is 2. The first-order chi connectivity index (χ1) is 11.9. The number of hydrogen-bond acceptors (Lipinski definition) is 2. The lowest BCUT2D eigenvalue weighted by molar-refractivity contribution is -0.114. The molecule has 132 valence electrons. The SMILES string of the molecule is CC(=O)Nc1cc(NC(=O)NC(C)CCc2ccccc2)ccc1C. The molecule has 0 fully saturated rings. The number of amides is 3. The highest BCUT2D eigenvalue weighted by Gasteiger charge is 2.09. The summed E-state index contributed by atoms with van der Waals surface area (Å²) in [4.78, 5) is 23.4. The molecule has 1 atom stereocenters. The molecule has 0 aliphatic heterocycles. The Kier molecular flexibility index (Phi) is 6.57. The average molecular weight is 339 g/mol. The summed E-state index contributed by atoms with van der Waals surface area (Å²) in [7, 11) is 0. The van der Waals surface area contributed by atoms with E-state index in [1.165, 1.54) is 12.5 Å². The Morgan fingerprint density at radius 3 is 2.44 bits per heavy atom. The summed E-state index contributed by atoms with van der Waals surface area (Å²) in [6, 6.07) is 15.4. The Balaban J connectivity index is 1.86. The number of nitrogens with one attached hydrogen (secondary N) is 3. The van der Waals surface area contributed by atoms with E-state index in [1.807, 2.05) is 44.2 Å². The van der Waals surface area contributed by atoms with E-state index in [0.29, 0.717) is 11.4 Å². The Bertz CT molecular complexity index is 729. The highest BCUT2D eigenvalue weighted by Crippen LogP contribution is 2.20. The van der Waals surface area contributed by atoms with Crippen LogP contribution >= 0.6 is 0 Å². The van der Waals surface area contributed by atoms with Crippen LogP contribution in [0.2, 0.25) is 0 Å². The minimum absolute atomic E-state index is 0.0560. The van der Waals surface area contributed by atoms with Gasteiger partial charge in [0.2, 0.25) is 5.91 Å². The van der Waals surface area contributed by atoms with Crippen molar-refractivity contribution in [1.29, 1.82) is 0 Å². The number of hydrogen-bond donors (Lipinski definition) is 3. The summed E-state index contributed by atoms with van der Waals surface area (Å²) in [5.41, 5.74) is 3.54. The number of benzene rings is 2. The van der Waals surface area contributed by atoms with Gasteiger partial charge in [0.25, 0.3) is 0 Å². The largest absolute Gasteiger partial charge is 0.335 e. The molecule has 2 aromatic carbocycles. The number of rotatable bonds is 6. The molecule has 3 N–H and O–H groups in total. The molecule has 0 aliphatic rings. The monoisotopic (exact) mass is 339 g/mol. The molecule has 0 aromatic heterocycles. The van der Waals surface area contributed by atoms with Crippen LogP contribution in [0.15, 0.2) is 48.5 Å². The molecule has 1 unspecified atom stereocenters. The second kappa shape index (κ2) is 8.87. The van der Waals surface area contributed by atoms with Gasteiger partial charge < -0.3 is 16.0 Å². The fraction of sp³-hybridized carbons (Fsp3) is 0.300. The van der Waals surface area contributed by atoms with Crippen LogP contribution in [0, 0.1) is 6.92 Å². The summed E-state index contributed by atoms with van der Waals surface area (Å²) in [5.74, 6) is -0.140. The molecule has 0 saturated carbocycles. The van der Waals surface area contributed by atoms with Gasteiger partial charge in [-0.2, -0.15) is 0 Å². The van der Waals surface area contributed by atoms with Crippen molar-refractivity contribution < 1.29 is 9.59 Å². The van der Waals surface area contributed by atoms with Crippen molar-refractivity contribution in [3.8, 4) is 0 Å². The lowest BCUT2D eigenvalue weighted by atomic mass is 10.1. The summed E-state index contributed by atoms with van der Waals surface area (Å²) in [6.07, 6.45) is 1.78. The topological polar surface area (TPSA) is 70.2 Å². The van der Waals surface area contributed by atoms with Gasteiger partial charge in [-0.25, -0.2) is 4.79 Å². The zero-order valence-corrected chi connectivity index (χ0v) is 14.9. The molecule has 0 aliphatic carbocycles. The second-order valence-corrected chi connectivity index (χ2v) is 6.23. The van der Waals surface area contributed by atoms with Gasteiger partial charge in [0.1, 0.15) is 0 Å². The van der Waals surface area contributed by atoms with Crippen LogP contribution < -0.4 is 16.0 Å². The number of urea groups is 1. The normalized spacial score (nSPS) is 11.5. The highest BCUT2D eigenvalue weighted by atomic mass is 16.2. The van der Waals surface area contributed by atoms with E-state index < -0.39 is 0 Å². The molecule has 2 rings (SSSR count). The summed E-state index contributed by atoms with van der Waals surface area (Å²) >= 11 is 0. The van der Waals surface area contributed by atoms with E-state index in [2.05, 4.69) is 28.1 Å². The summed E-state index contributed by atoms with van der Waals surface area (Å²) in [6.45, 7) is 5.35. The lowest BCUT2D eigenvalue weighted by Gasteiger charge is -2.15. The number of aryl methyl sites for hydroxylation is 2. The smallest absolute Gasteiger partial charge is 0.319 e. The van der Waals surface area contributed by atoms with Crippen LogP contribution in [-0.2, 0) is 11.2 Å². The van der Waals surface area contributed by atoms with Gasteiger partial charge >= 0.3 is 6.03 Å². The van der Waals surface area contributed by atoms with E-state index in [0.717, 1.165) is 18.4 Å². The molecule has 0 spiro atoms. The van der Waals surface area contributed by atoms with Crippen molar-refractivity contribution in [2.45, 2.75) is 39.7 Å². The molecular weight excluding hydrogens is 314 g/mol. The van der Waals surface area contributed by atoms with E-state index >= 15 is 0 Å². The third-order valence-electron chi connectivity index (χ3n) is 3.89. The fourth-order valence-electron chi connectivity index (χ4n) is 2.52. The van der Waals surface area contributed by atoms with E-state index in [1.54, 1.807) is 6.07 Å². The van der Waals surface area contributed by atoms with Gasteiger partial charge in [-0.05, 0) is 49.9 Å². The highest BCUT2D eigenvalue weighted by molar-refractivity contribution is 5.93. The summed E-state index contributed by atoms with van der Waals surface area (Å²) < 4.78 is 0. The third-order valence-corrected chi connectivity index (χ3v) is 3.89. The molecule has 0 radical (unpaired) electrons. The standard InChI is InChI=1S/C20H25N3O2/c1-14-9-12-18(13-19(14)22-16(3)24)23-20(25)21-15(2)10-11-17-7-5-4-6-8-17/h4-9,12-13,15H,10-11H2,1-3H3,(H,22,24)(H2,21,23,25). The summed E-state index contributed by atoms with van der Waals surface area (Å²) in [5, 5.41) is 8.50. The molecule has 3 amide bonds. The molecular formula is C20H25N3O2. The van der Waals surface area contributed by atoms with Crippen molar-refractivity contribution in [3.63, 3.8) is 0 Å². The molecule has 25 heavy (non-hydrogen) atoms. The van der Waals surface area contributed by atoms with Crippen LogP contribution in [0.1, 0.15) is 31.4 Å².